The standard InChI is InChI=1S/C14H12BrF2N/c1-8-2-5-12(15)11(6-8)14(18)10-4-3-9(16)7-13(10)17/h2-7,14H,18H2,1H3. The van der Waals surface area contributed by atoms with Crippen LogP contribution in [0.4, 0.5) is 8.78 Å². The molecule has 2 N–H and O–H groups in total. The van der Waals surface area contributed by atoms with Crippen LogP contribution in [-0.4, -0.2) is 0 Å². The van der Waals surface area contributed by atoms with E-state index in [1.807, 2.05) is 25.1 Å². The van der Waals surface area contributed by atoms with Crippen LogP contribution in [0.2, 0.25) is 0 Å². The molecule has 0 radical (unpaired) electrons. The van der Waals surface area contributed by atoms with Gasteiger partial charge in [-0.25, -0.2) is 8.78 Å². The average Bonchev–Trinajstić information content (AvgIpc) is 2.31. The first-order chi connectivity index (χ1) is 8.49. The van der Waals surface area contributed by atoms with Crippen LogP contribution in [0.1, 0.15) is 22.7 Å². The molecule has 0 bridgehead atoms. The van der Waals surface area contributed by atoms with Gasteiger partial charge in [-0.1, -0.05) is 39.7 Å². The number of benzene rings is 2. The van der Waals surface area contributed by atoms with Crippen LogP contribution >= 0.6 is 15.9 Å². The van der Waals surface area contributed by atoms with Crippen molar-refractivity contribution in [2.24, 2.45) is 5.73 Å². The summed E-state index contributed by atoms with van der Waals surface area (Å²) >= 11 is 3.39. The van der Waals surface area contributed by atoms with E-state index in [2.05, 4.69) is 15.9 Å². The molecule has 2 aromatic carbocycles. The molecule has 1 atom stereocenters. The molecular formula is C14H12BrF2N. The Morgan fingerprint density at radius 3 is 2.44 bits per heavy atom. The van der Waals surface area contributed by atoms with E-state index in [1.165, 1.54) is 12.1 Å². The lowest BCUT2D eigenvalue weighted by atomic mass is 9.98. The highest BCUT2D eigenvalue weighted by Crippen LogP contribution is 2.29. The number of rotatable bonds is 2. The summed E-state index contributed by atoms with van der Waals surface area (Å²) in [5, 5.41) is 0. The maximum atomic E-state index is 13.7. The minimum atomic E-state index is -0.629. The minimum Gasteiger partial charge on any atom is -0.320 e. The molecule has 0 amide bonds. The lowest BCUT2D eigenvalue weighted by Gasteiger charge is -2.16. The SMILES string of the molecule is Cc1ccc(Br)c(C(N)c2ccc(F)cc2F)c1. The van der Waals surface area contributed by atoms with Gasteiger partial charge in [0.15, 0.2) is 0 Å². The first-order valence-electron chi connectivity index (χ1n) is 5.45. The Bertz CT molecular complexity index is 584. The summed E-state index contributed by atoms with van der Waals surface area (Å²) in [7, 11) is 0. The van der Waals surface area contributed by atoms with Gasteiger partial charge in [0.05, 0.1) is 6.04 Å². The number of hydrogen-bond donors (Lipinski definition) is 1. The van der Waals surface area contributed by atoms with Crippen molar-refractivity contribution >= 4 is 15.9 Å². The van der Waals surface area contributed by atoms with Gasteiger partial charge in [-0.3, -0.25) is 0 Å². The van der Waals surface area contributed by atoms with Crippen LogP contribution in [0.5, 0.6) is 0 Å². The zero-order valence-corrected chi connectivity index (χ0v) is 11.3. The van der Waals surface area contributed by atoms with Crippen LogP contribution < -0.4 is 5.73 Å². The molecule has 0 saturated carbocycles. The van der Waals surface area contributed by atoms with Gasteiger partial charge in [0.2, 0.25) is 0 Å². The highest BCUT2D eigenvalue weighted by molar-refractivity contribution is 9.10. The van der Waals surface area contributed by atoms with Crippen molar-refractivity contribution in [1.29, 1.82) is 0 Å². The second-order valence-corrected chi connectivity index (χ2v) is 5.02. The normalized spacial score (nSPS) is 12.5. The van der Waals surface area contributed by atoms with Crippen molar-refractivity contribution < 1.29 is 8.78 Å². The van der Waals surface area contributed by atoms with Crippen LogP contribution in [0.25, 0.3) is 0 Å². The molecular weight excluding hydrogens is 300 g/mol. The fourth-order valence-electron chi connectivity index (χ4n) is 1.82. The number of nitrogens with two attached hydrogens (primary N) is 1. The minimum absolute atomic E-state index is 0.280. The summed E-state index contributed by atoms with van der Waals surface area (Å²) in [5.74, 6) is -1.23. The Labute approximate surface area is 113 Å². The van der Waals surface area contributed by atoms with E-state index in [1.54, 1.807) is 0 Å². The predicted molar refractivity (Wildman–Crippen MR) is 71.3 cm³/mol. The molecule has 0 aliphatic carbocycles. The molecule has 18 heavy (non-hydrogen) atoms. The molecule has 2 aromatic rings. The third-order valence-corrected chi connectivity index (χ3v) is 3.51. The van der Waals surface area contributed by atoms with Crippen molar-refractivity contribution in [2.75, 3.05) is 0 Å². The van der Waals surface area contributed by atoms with Gasteiger partial charge in [0.25, 0.3) is 0 Å². The lowest BCUT2D eigenvalue weighted by Crippen LogP contribution is -2.14. The molecule has 0 aliphatic rings. The molecule has 0 aromatic heterocycles. The number of hydrogen-bond acceptors (Lipinski definition) is 1. The Morgan fingerprint density at radius 1 is 1.06 bits per heavy atom. The van der Waals surface area contributed by atoms with Crippen LogP contribution in [0.15, 0.2) is 40.9 Å². The van der Waals surface area contributed by atoms with Gasteiger partial charge < -0.3 is 5.73 Å². The van der Waals surface area contributed by atoms with Gasteiger partial charge in [0, 0.05) is 16.1 Å². The molecule has 2 rings (SSSR count). The van der Waals surface area contributed by atoms with E-state index in [9.17, 15) is 8.78 Å². The number of halogens is 3. The van der Waals surface area contributed by atoms with Crippen molar-refractivity contribution in [3.63, 3.8) is 0 Å². The Hall–Kier alpha value is -1.26. The highest BCUT2D eigenvalue weighted by atomic mass is 79.9. The zero-order chi connectivity index (χ0) is 13.3. The maximum absolute atomic E-state index is 13.7. The van der Waals surface area contributed by atoms with E-state index >= 15 is 0 Å². The van der Waals surface area contributed by atoms with Crippen molar-refractivity contribution in [2.45, 2.75) is 13.0 Å². The Kier molecular flexibility index (Phi) is 3.78. The average molecular weight is 312 g/mol. The first-order valence-corrected chi connectivity index (χ1v) is 6.25. The van der Waals surface area contributed by atoms with Crippen LogP contribution in [0.3, 0.4) is 0 Å². The van der Waals surface area contributed by atoms with E-state index in [0.717, 1.165) is 21.7 Å². The molecule has 1 nitrogen and oxygen atoms in total. The van der Waals surface area contributed by atoms with Crippen LogP contribution in [-0.2, 0) is 0 Å². The Balaban J connectivity index is 2.47. The van der Waals surface area contributed by atoms with Gasteiger partial charge in [-0.05, 0) is 24.6 Å². The summed E-state index contributed by atoms with van der Waals surface area (Å²) in [5.41, 5.74) is 8.14. The van der Waals surface area contributed by atoms with Crippen molar-refractivity contribution in [3.8, 4) is 0 Å². The fourth-order valence-corrected chi connectivity index (χ4v) is 2.32. The molecule has 0 aliphatic heterocycles. The highest BCUT2D eigenvalue weighted by Gasteiger charge is 2.16. The second kappa shape index (κ2) is 5.16. The first kappa shape index (κ1) is 13.2. The third-order valence-electron chi connectivity index (χ3n) is 2.78. The quantitative estimate of drug-likeness (QED) is 0.888. The Morgan fingerprint density at radius 2 is 1.78 bits per heavy atom. The molecule has 1 unspecified atom stereocenters. The fraction of sp³-hybridized carbons (Fsp3) is 0.143. The summed E-state index contributed by atoms with van der Waals surface area (Å²) < 4.78 is 27.4. The van der Waals surface area contributed by atoms with E-state index in [4.69, 9.17) is 5.73 Å². The van der Waals surface area contributed by atoms with Crippen LogP contribution in [0, 0.1) is 18.6 Å². The molecule has 0 saturated heterocycles. The predicted octanol–water partition coefficient (Wildman–Crippen LogP) is 4.08. The second-order valence-electron chi connectivity index (χ2n) is 4.17. The van der Waals surface area contributed by atoms with Gasteiger partial charge >= 0.3 is 0 Å². The summed E-state index contributed by atoms with van der Waals surface area (Å²) in [4.78, 5) is 0. The molecule has 94 valence electrons. The van der Waals surface area contributed by atoms with Crippen molar-refractivity contribution in [3.05, 3.63) is 69.2 Å². The molecule has 0 heterocycles. The lowest BCUT2D eigenvalue weighted by molar-refractivity contribution is 0.565. The summed E-state index contributed by atoms with van der Waals surface area (Å²) in [6.45, 7) is 1.93. The topological polar surface area (TPSA) is 26.0 Å². The largest absolute Gasteiger partial charge is 0.320 e. The van der Waals surface area contributed by atoms with Gasteiger partial charge in [-0.2, -0.15) is 0 Å². The maximum Gasteiger partial charge on any atom is 0.131 e. The smallest absolute Gasteiger partial charge is 0.131 e. The van der Waals surface area contributed by atoms with E-state index in [0.29, 0.717) is 0 Å². The molecule has 4 heteroatoms. The zero-order valence-electron chi connectivity index (χ0n) is 9.75. The summed E-state index contributed by atoms with van der Waals surface area (Å²) in [6.07, 6.45) is 0. The monoisotopic (exact) mass is 311 g/mol. The third kappa shape index (κ3) is 2.60. The number of aryl methyl sites for hydroxylation is 1. The summed E-state index contributed by atoms with van der Waals surface area (Å²) in [6, 6.07) is 8.50. The molecule has 0 fully saturated rings. The van der Waals surface area contributed by atoms with E-state index in [-0.39, 0.29) is 5.56 Å². The van der Waals surface area contributed by atoms with E-state index < -0.39 is 17.7 Å². The van der Waals surface area contributed by atoms with Crippen molar-refractivity contribution in [1.82, 2.24) is 0 Å². The molecule has 0 spiro atoms. The van der Waals surface area contributed by atoms with Gasteiger partial charge in [-0.15, -0.1) is 0 Å². The van der Waals surface area contributed by atoms with Gasteiger partial charge in [0.1, 0.15) is 11.6 Å².